The molecule has 0 atom stereocenters. The van der Waals surface area contributed by atoms with Crippen molar-refractivity contribution in [1.82, 2.24) is 0 Å². The van der Waals surface area contributed by atoms with Crippen molar-refractivity contribution in [2.24, 2.45) is 0 Å². The number of rotatable bonds is 2. The fraction of sp³-hybridized carbons (Fsp3) is 0.308. The molecule has 0 bridgehead atoms. The minimum Gasteiger partial charge on any atom is -0.367 e. The summed E-state index contributed by atoms with van der Waals surface area (Å²) in [5.74, 6) is 0.117. The molecule has 1 heterocycles. The van der Waals surface area contributed by atoms with Crippen LogP contribution in [0.25, 0.3) is 0 Å². The molecule has 0 saturated carbocycles. The molecular weight excluding hydrogens is 266 g/mol. The number of nitrogens with zero attached hydrogens (tertiary/aromatic N) is 1. The Morgan fingerprint density at radius 3 is 2.81 bits per heavy atom. The normalized spacial score (nSPS) is 15.2. The molecule has 1 aliphatic rings. The van der Waals surface area contributed by atoms with Gasteiger partial charge in [0.1, 0.15) is 0 Å². The van der Waals surface area contributed by atoms with Gasteiger partial charge in [0.2, 0.25) is 0 Å². The van der Waals surface area contributed by atoms with Crippen LogP contribution in [0.15, 0.2) is 34.8 Å². The molecule has 0 spiro atoms. The first-order valence-corrected chi connectivity index (χ1v) is 6.18. The van der Waals surface area contributed by atoms with E-state index in [-0.39, 0.29) is 5.78 Å². The maximum Gasteiger partial charge on any atom is 0.161 e. The lowest BCUT2D eigenvalue weighted by atomic mass is 10.1. The minimum absolute atomic E-state index is 0.117. The molecule has 1 aromatic rings. The zero-order chi connectivity index (χ0) is 11.5. The molecule has 0 N–H and O–H groups in total. The SMILES string of the molecule is CC(=O)c1cc(Br)ccc1N1CC=CCC1. The molecule has 84 valence electrons. The van der Waals surface area contributed by atoms with E-state index in [1.165, 1.54) is 0 Å². The van der Waals surface area contributed by atoms with Crippen LogP contribution in [0, 0.1) is 0 Å². The lowest BCUT2D eigenvalue weighted by Gasteiger charge is -2.27. The second kappa shape index (κ2) is 4.83. The van der Waals surface area contributed by atoms with Gasteiger partial charge in [0.05, 0.1) is 0 Å². The van der Waals surface area contributed by atoms with Crippen LogP contribution in [0.2, 0.25) is 0 Å². The number of halogens is 1. The maximum absolute atomic E-state index is 11.6. The van der Waals surface area contributed by atoms with E-state index in [0.29, 0.717) is 0 Å². The van der Waals surface area contributed by atoms with Crippen LogP contribution in [0.3, 0.4) is 0 Å². The van der Waals surface area contributed by atoms with Crippen LogP contribution in [0.1, 0.15) is 23.7 Å². The predicted octanol–water partition coefficient (Wildman–Crippen LogP) is 3.42. The number of benzene rings is 1. The van der Waals surface area contributed by atoms with Gasteiger partial charge in [-0.1, -0.05) is 28.1 Å². The molecule has 16 heavy (non-hydrogen) atoms. The highest BCUT2D eigenvalue weighted by Crippen LogP contribution is 2.26. The molecule has 0 unspecified atom stereocenters. The fourth-order valence-corrected chi connectivity index (χ4v) is 2.29. The Labute approximate surface area is 104 Å². The Morgan fingerprint density at radius 1 is 1.38 bits per heavy atom. The zero-order valence-corrected chi connectivity index (χ0v) is 10.8. The van der Waals surface area contributed by atoms with E-state index in [4.69, 9.17) is 0 Å². The van der Waals surface area contributed by atoms with Crippen LogP contribution in [-0.2, 0) is 0 Å². The van der Waals surface area contributed by atoms with Gasteiger partial charge in [0, 0.05) is 28.8 Å². The summed E-state index contributed by atoms with van der Waals surface area (Å²) in [5.41, 5.74) is 1.84. The van der Waals surface area contributed by atoms with Crippen LogP contribution < -0.4 is 4.90 Å². The lowest BCUT2D eigenvalue weighted by Crippen LogP contribution is -2.28. The van der Waals surface area contributed by atoms with Gasteiger partial charge in [-0.2, -0.15) is 0 Å². The number of carbonyl (C=O) groups is 1. The van der Waals surface area contributed by atoms with Crippen molar-refractivity contribution in [2.75, 3.05) is 18.0 Å². The predicted molar refractivity (Wildman–Crippen MR) is 70.1 cm³/mol. The second-order valence-corrected chi connectivity index (χ2v) is 4.84. The van der Waals surface area contributed by atoms with Gasteiger partial charge in [0.15, 0.2) is 5.78 Å². The van der Waals surface area contributed by atoms with E-state index in [2.05, 4.69) is 33.0 Å². The monoisotopic (exact) mass is 279 g/mol. The molecule has 1 aliphatic heterocycles. The first-order valence-electron chi connectivity index (χ1n) is 5.39. The average Bonchev–Trinajstić information content (AvgIpc) is 2.30. The smallest absolute Gasteiger partial charge is 0.161 e. The molecule has 0 fully saturated rings. The molecule has 3 heteroatoms. The average molecular weight is 280 g/mol. The van der Waals surface area contributed by atoms with Crippen LogP contribution in [0.5, 0.6) is 0 Å². The third-order valence-corrected chi connectivity index (χ3v) is 3.23. The lowest BCUT2D eigenvalue weighted by molar-refractivity contribution is 0.101. The van der Waals surface area contributed by atoms with E-state index in [1.54, 1.807) is 6.92 Å². The quantitative estimate of drug-likeness (QED) is 0.611. The number of hydrogen-bond acceptors (Lipinski definition) is 2. The van der Waals surface area contributed by atoms with E-state index < -0.39 is 0 Å². The summed E-state index contributed by atoms with van der Waals surface area (Å²) in [5, 5.41) is 0. The van der Waals surface area contributed by atoms with Gasteiger partial charge in [0.25, 0.3) is 0 Å². The number of Topliss-reactive ketones (excluding diaryl/α,β-unsaturated/α-hetero) is 1. The first kappa shape index (κ1) is 11.4. The van der Waals surface area contributed by atoms with Crippen molar-refractivity contribution >= 4 is 27.4 Å². The van der Waals surface area contributed by atoms with E-state index in [9.17, 15) is 4.79 Å². The van der Waals surface area contributed by atoms with Crippen molar-refractivity contribution in [3.05, 3.63) is 40.4 Å². The highest BCUT2D eigenvalue weighted by molar-refractivity contribution is 9.10. The van der Waals surface area contributed by atoms with Crippen LogP contribution in [0.4, 0.5) is 5.69 Å². The Balaban J connectivity index is 2.39. The van der Waals surface area contributed by atoms with Gasteiger partial charge >= 0.3 is 0 Å². The molecule has 0 amide bonds. The van der Waals surface area contributed by atoms with Gasteiger partial charge < -0.3 is 4.90 Å². The summed E-state index contributed by atoms with van der Waals surface area (Å²) in [6.45, 7) is 3.49. The van der Waals surface area contributed by atoms with Gasteiger partial charge in [-0.25, -0.2) is 0 Å². The van der Waals surface area contributed by atoms with Gasteiger partial charge in [-0.15, -0.1) is 0 Å². The third-order valence-electron chi connectivity index (χ3n) is 2.74. The van der Waals surface area contributed by atoms with Gasteiger partial charge in [-0.05, 0) is 31.5 Å². The molecule has 0 aliphatic carbocycles. The molecule has 0 radical (unpaired) electrons. The summed E-state index contributed by atoms with van der Waals surface area (Å²) in [6.07, 6.45) is 5.38. The van der Waals surface area contributed by atoms with Crippen molar-refractivity contribution < 1.29 is 4.79 Å². The highest BCUT2D eigenvalue weighted by Gasteiger charge is 2.14. The van der Waals surface area contributed by atoms with Crippen molar-refractivity contribution in [2.45, 2.75) is 13.3 Å². The fourth-order valence-electron chi connectivity index (χ4n) is 1.93. The molecule has 2 rings (SSSR count). The number of hydrogen-bond donors (Lipinski definition) is 0. The second-order valence-electron chi connectivity index (χ2n) is 3.92. The molecule has 0 aromatic heterocycles. The number of ketones is 1. The molecule has 2 nitrogen and oxygen atoms in total. The summed E-state index contributed by atoms with van der Waals surface area (Å²) in [7, 11) is 0. The van der Waals surface area contributed by atoms with Crippen LogP contribution >= 0.6 is 15.9 Å². The Kier molecular flexibility index (Phi) is 3.44. The van der Waals surface area contributed by atoms with E-state index in [1.807, 2.05) is 18.2 Å². The highest BCUT2D eigenvalue weighted by atomic mass is 79.9. The van der Waals surface area contributed by atoms with Crippen molar-refractivity contribution in [3.63, 3.8) is 0 Å². The molecule has 1 aromatic carbocycles. The summed E-state index contributed by atoms with van der Waals surface area (Å²) >= 11 is 3.40. The Morgan fingerprint density at radius 2 is 2.19 bits per heavy atom. The van der Waals surface area contributed by atoms with Gasteiger partial charge in [-0.3, -0.25) is 4.79 Å². The van der Waals surface area contributed by atoms with E-state index >= 15 is 0 Å². The Hall–Kier alpha value is -1.09. The third kappa shape index (κ3) is 2.35. The summed E-state index contributed by atoms with van der Waals surface area (Å²) in [6, 6.07) is 5.90. The van der Waals surface area contributed by atoms with Crippen molar-refractivity contribution in [3.8, 4) is 0 Å². The summed E-state index contributed by atoms with van der Waals surface area (Å²) < 4.78 is 0.953. The molecular formula is C13H14BrNO. The largest absolute Gasteiger partial charge is 0.367 e. The standard InChI is InChI=1S/C13H14BrNO/c1-10(16)12-9-11(14)5-6-13(12)15-7-3-2-4-8-15/h2-3,5-6,9H,4,7-8H2,1H3. The van der Waals surface area contributed by atoms with Crippen LogP contribution in [-0.4, -0.2) is 18.9 Å². The topological polar surface area (TPSA) is 20.3 Å². The maximum atomic E-state index is 11.6. The zero-order valence-electron chi connectivity index (χ0n) is 9.24. The Bertz CT molecular complexity index is 440. The first-order chi connectivity index (χ1) is 7.68. The number of anilines is 1. The molecule has 0 saturated heterocycles. The van der Waals surface area contributed by atoms with Crippen molar-refractivity contribution in [1.29, 1.82) is 0 Å². The number of carbonyl (C=O) groups excluding carboxylic acids is 1. The summed E-state index contributed by atoms with van der Waals surface area (Å²) in [4.78, 5) is 13.8. The van der Waals surface area contributed by atoms with E-state index in [0.717, 1.165) is 35.2 Å². The minimum atomic E-state index is 0.117.